The number of benzene rings is 2. The van der Waals surface area contributed by atoms with E-state index in [4.69, 9.17) is 12.2 Å². The van der Waals surface area contributed by atoms with Gasteiger partial charge in [0.25, 0.3) is 0 Å². The zero-order valence-corrected chi connectivity index (χ0v) is 17.5. The van der Waals surface area contributed by atoms with Gasteiger partial charge in [0, 0.05) is 12.1 Å². The van der Waals surface area contributed by atoms with Crippen LogP contribution in [0.1, 0.15) is 17.2 Å². The molecule has 0 fully saturated rings. The predicted molar refractivity (Wildman–Crippen MR) is 113 cm³/mol. The molecule has 1 atom stereocenters. The van der Waals surface area contributed by atoms with Gasteiger partial charge >= 0.3 is 0 Å². The second kappa shape index (κ2) is 9.11. The number of likely N-dealkylation sites (N-methyl/N-ethyl adjacent to an activating group) is 1. The van der Waals surface area contributed by atoms with Gasteiger partial charge < -0.3 is 10.2 Å². The van der Waals surface area contributed by atoms with E-state index in [9.17, 15) is 9.18 Å². The van der Waals surface area contributed by atoms with Crippen molar-refractivity contribution in [3.8, 4) is 11.4 Å². The molecule has 1 heterocycles. The van der Waals surface area contributed by atoms with Crippen molar-refractivity contribution in [2.24, 2.45) is 0 Å². The first-order chi connectivity index (χ1) is 13.8. The van der Waals surface area contributed by atoms with E-state index in [1.807, 2.05) is 56.3 Å². The fourth-order valence-electron chi connectivity index (χ4n) is 3.19. The zero-order chi connectivity index (χ0) is 21.0. The lowest BCUT2D eigenvalue weighted by Gasteiger charge is -2.25. The summed E-state index contributed by atoms with van der Waals surface area (Å²) in [5.41, 5.74) is 2.78. The van der Waals surface area contributed by atoms with Crippen molar-refractivity contribution in [1.82, 2.24) is 25.0 Å². The summed E-state index contributed by atoms with van der Waals surface area (Å²) in [7, 11) is 3.79. The van der Waals surface area contributed by atoms with Gasteiger partial charge in [-0.05, 0) is 57.0 Å². The Kier molecular flexibility index (Phi) is 6.56. The molecule has 6 nitrogen and oxygen atoms in total. The summed E-state index contributed by atoms with van der Waals surface area (Å²) >= 11 is 5.31. The lowest BCUT2D eigenvalue weighted by molar-refractivity contribution is -0.121. The van der Waals surface area contributed by atoms with Crippen LogP contribution in [0.15, 0.2) is 48.5 Å². The van der Waals surface area contributed by atoms with Gasteiger partial charge in [0.15, 0.2) is 10.6 Å². The van der Waals surface area contributed by atoms with Crippen LogP contribution in [0.3, 0.4) is 0 Å². The highest BCUT2D eigenvalue weighted by atomic mass is 32.1. The van der Waals surface area contributed by atoms with Crippen LogP contribution in [0.2, 0.25) is 0 Å². The predicted octanol–water partition coefficient (Wildman–Crippen LogP) is 3.47. The maximum absolute atomic E-state index is 13.6. The lowest BCUT2D eigenvalue weighted by atomic mass is 10.1. The van der Waals surface area contributed by atoms with Crippen LogP contribution in [0.25, 0.3) is 11.4 Å². The molecule has 1 unspecified atom stereocenters. The highest BCUT2D eigenvalue weighted by Crippen LogP contribution is 2.20. The van der Waals surface area contributed by atoms with Gasteiger partial charge in [-0.3, -0.25) is 14.5 Å². The van der Waals surface area contributed by atoms with Crippen LogP contribution >= 0.6 is 12.2 Å². The maximum Gasteiger partial charge on any atom is 0.240 e. The number of aromatic nitrogens is 3. The Labute approximate surface area is 174 Å². The normalized spacial score (nSPS) is 12.2. The summed E-state index contributed by atoms with van der Waals surface area (Å²) in [4.78, 5) is 14.6. The molecular weight excluding hydrogens is 389 g/mol. The topological polar surface area (TPSA) is 66.0 Å². The number of amides is 1. The van der Waals surface area contributed by atoms with Crippen molar-refractivity contribution in [2.75, 3.05) is 20.6 Å². The first kappa shape index (κ1) is 20.9. The van der Waals surface area contributed by atoms with Gasteiger partial charge in [-0.1, -0.05) is 35.9 Å². The van der Waals surface area contributed by atoms with Gasteiger partial charge in [-0.2, -0.15) is 5.10 Å². The lowest BCUT2D eigenvalue weighted by Crippen LogP contribution is -2.36. The summed E-state index contributed by atoms with van der Waals surface area (Å²) in [5.74, 6) is 0.121. The Morgan fingerprint density at radius 1 is 1.28 bits per heavy atom. The van der Waals surface area contributed by atoms with E-state index < -0.39 is 0 Å². The molecule has 29 heavy (non-hydrogen) atoms. The highest BCUT2D eigenvalue weighted by Gasteiger charge is 2.17. The van der Waals surface area contributed by atoms with Crippen LogP contribution in [0.5, 0.6) is 0 Å². The fourth-order valence-corrected chi connectivity index (χ4v) is 3.39. The number of rotatable bonds is 7. The van der Waals surface area contributed by atoms with E-state index in [2.05, 4.69) is 15.5 Å². The molecule has 3 rings (SSSR count). The van der Waals surface area contributed by atoms with E-state index in [0.29, 0.717) is 17.1 Å². The number of nitrogens with one attached hydrogen (secondary N) is 2. The van der Waals surface area contributed by atoms with Gasteiger partial charge in [0.05, 0.1) is 6.04 Å². The molecule has 0 spiro atoms. The average molecular weight is 414 g/mol. The molecule has 1 aromatic heterocycles. The minimum Gasteiger partial charge on any atom is -0.353 e. The largest absolute Gasteiger partial charge is 0.353 e. The third-order valence-corrected chi connectivity index (χ3v) is 5.00. The molecule has 0 aliphatic rings. The number of hydrogen-bond acceptors (Lipinski definition) is 4. The second-order valence-electron chi connectivity index (χ2n) is 7.15. The highest BCUT2D eigenvalue weighted by molar-refractivity contribution is 7.71. The molecule has 2 aromatic carbocycles. The number of H-pyrrole nitrogens is 1. The smallest absolute Gasteiger partial charge is 0.240 e. The van der Waals surface area contributed by atoms with Gasteiger partial charge in [0.2, 0.25) is 5.91 Å². The molecular formula is C21H24FN5OS. The number of halogens is 1. The average Bonchev–Trinajstić information content (AvgIpc) is 3.02. The van der Waals surface area contributed by atoms with E-state index >= 15 is 0 Å². The SMILES string of the molecule is Cc1cccc(-c2n[nH]c(=S)n2CC(=O)NCC(c2cccc(F)c2)N(C)C)c1. The quantitative estimate of drug-likeness (QED) is 0.582. The summed E-state index contributed by atoms with van der Waals surface area (Å²) in [6.45, 7) is 2.39. The molecule has 2 N–H and O–H groups in total. The van der Waals surface area contributed by atoms with Gasteiger partial charge in [0.1, 0.15) is 12.4 Å². The molecule has 0 saturated carbocycles. The van der Waals surface area contributed by atoms with Crippen LogP contribution in [0.4, 0.5) is 4.39 Å². The van der Waals surface area contributed by atoms with Crippen molar-refractivity contribution in [1.29, 1.82) is 0 Å². The van der Waals surface area contributed by atoms with Crippen LogP contribution in [-0.4, -0.2) is 46.2 Å². The van der Waals surface area contributed by atoms with Crippen LogP contribution in [-0.2, 0) is 11.3 Å². The number of carbonyl (C=O) groups is 1. The van der Waals surface area contributed by atoms with Gasteiger partial charge in [-0.15, -0.1) is 0 Å². The molecule has 3 aromatic rings. The van der Waals surface area contributed by atoms with Crippen molar-refractivity contribution >= 4 is 18.1 Å². The van der Waals surface area contributed by atoms with Crippen molar-refractivity contribution in [2.45, 2.75) is 19.5 Å². The van der Waals surface area contributed by atoms with E-state index in [0.717, 1.165) is 16.7 Å². The minimum atomic E-state index is -0.298. The molecule has 0 aliphatic heterocycles. The van der Waals surface area contributed by atoms with E-state index in [1.165, 1.54) is 12.1 Å². The minimum absolute atomic E-state index is 0.0436. The summed E-state index contributed by atoms with van der Waals surface area (Å²) in [6.07, 6.45) is 0. The number of aromatic amines is 1. The monoisotopic (exact) mass is 413 g/mol. The van der Waals surface area contributed by atoms with Crippen LogP contribution < -0.4 is 5.32 Å². The van der Waals surface area contributed by atoms with Crippen molar-refractivity contribution in [3.05, 3.63) is 70.2 Å². The number of nitrogens with zero attached hydrogens (tertiary/aromatic N) is 3. The first-order valence-electron chi connectivity index (χ1n) is 9.26. The number of hydrogen-bond donors (Lipinski definition) is 2. The van der Waals surface area contributed by atoms with Crippen molar-refractivity contribution < 1.29 is 9.18 Å². The molecule has 0 bridgehead atoms. The molecule has 0 saturated heterocycles. The van der Waals surface area contributed by atoms with Gasteiger partial charge in [-0.25, -0.2) is 4.39 Å². The Bertz CT molecular complexity index is 1060. The Morgan fingerprint density at radius 3 is 2.72 bits per heavy atom. The summed E-state index contributed by atoms with van der Waals surface area (Å²) in [5, 5.41) is 9.96. The molecule has 0 radical (unpaired) electrons. The van der Waals surface area contributed by atoms with Crippen LogP contribution in [0, 0.1) is 17.5 Å². The fraction of sp³-hybridized carbons (Fsp3) is 0.286. The van der Waals surface area contributed by atoms with E-state index in [1.54, 1.807) is 10.6 Å². The molecule has 0 aliphatic carbocycles. The number of carbonyl (C=O) groups excluding carboxylic acids is 1. The third kappa shape index (κ3) is 5.16. The van der Waals surface area contributed by atoms with Crippen molar-refractivity contribution in [3.63, 3.8) is 0 Å². The zero-order valence-electron chi connectivity index (χ0n) is 16.6. The molecule has 1 amide bonds. The Balaban J connectivity index is 1.73. The third-order valence-electron chi connectivity index (χ3n) is 4.69. The second-order valence-corrected chi connectivity index (χ2v) is 7.53. The number of aryl methyl sites for hydroxylation is 1. The standard InChI is InChI=1S/C21H24FN5OS/c1-14-6-4-8-16(10-14)20-24-25-21(29)27(20)13-19(28)23-12-18(26(2)3)15-7-5-9-17(22)11-15/h4-11,18H,12-13H2,1-3H3,(H,23,28)(H,25,29). The molecule has 8 heteroatoms. The van der Waals surface area contributed by atoms with E-state index in [-0.39, 0.29) is 24.3 Å². The molecule has 152 valence electrons. The first-order valence-corrected chi connectivity index (χ1v) is 9.67. The maximum atomic E-state index is 13.6. The summed E-state index contributed by atoms with van der Waals surface area (Å²) < 4.78 is 15.6. The Hall–Kier alpha value is -2.84. The summed E-state index contributed by atoms with van der Waals surface area (Å²) in [6, 6.07) is 14.1. The Morgan fingerprint density at radius 2 is 2.03 bits per heavy atom.